The van der Waals surface area contributed by atoms with Crippen LogP contribution >= 0.6 is 24.0 Å². The van der Waals surface area contributed by atoms with Crippen LogP contribution in [0.4, 0.5) is 24.7 Å². The maximum atomic E-state index is 13.0. The first-order valence-corrected chi connectivity index (χ1v) is 10.6. The van der Waals surface area contributed by atoms with Gasteiger partial charge in [0.25, 0.3) is 0 Å². The van der Waals surface area contributed by atoms with Crippen LogP contribution < -0.4 is 20.9 Å². The zero-order valence-corrected chi connectivity index (χ0v) is 20.6. The third kappa shape index (κ3) is 7.76. The summed E-state index contributed by atoms with van der Waals surface area (Å²) < 4.78 is 39.1. The molecule has 1 aromatic heterocycles. The van der Waals surface area contributed by atoms with Crippen molar-refractivity contribution in [3.8, 4) is 0 Å². The van der Waals surface area contributed by atoms with Crippen LogP contribution in [0, 0.1) is 0 Å². The van der Waals surface area contributed by atoms with Crippen LogP contribution in [0.2, 0.25) is 0 Å². The van der Waals surface area contributed by atoms with Crippen LogP contribution in [0.5, 0.6) is 0 Å². The number of carbonyl (C=O) groups excluding carboxylic acids is 1. The molecule has 180 valence electrons. The van der Waals surface area contributed by atoms with Gasteiger partial charge >= 0.3 is 6.18 Å². The number of alkyl halides is 3. The summed E-state index contributed by atoms with van der Waals surface area (Å²) in [6, 6.07) is 9.98. The van der Waals surface area contributed by atoms with Crippen molar-refractivity contribution in [3.05, 3.63) is 53.7 Å². The topological polar surface area (TPSA) is 81.7 Å². The smallest absolute Gasteiger partial charge is 0.368 e. The molecular formula is C22H28F3IN6O. The van der Waals surface area contributed by atoms with Crippen molar-refractivity contribution in [2.24, 2.45) is 4.99 Å². The molecule has 0 saturated carbocycles. The molecule has 7 nitrogen and oxygen atoms in total. The van der Waals surface area contributed by atoms with Crippen LogP contribution in [-0.2, 0) is 17.5 Å². The van der Waals surface area contributed by atoms with E-state index in [1.54, 1.807) is 4.90 Å². The summed E-state index contributed by atoms with van der Waals surface area (Å²) in [5.41, 5.74) is 1.09. The van der Waals surface area contributed by atoms with E-state index in [1.165, 1.54) is 12.3 Å². The third-order valence-electron chi connectivity index (χ3n) is 4.91. The van der Waals surface area contributed by atoms with Crippen LogP contribution in [0.25, 0.3) is 0 Å². The molecule has 0 unspecified atom stereocenters. The number of amides is 1. The third-order valence-corrected chi connectivity index (χ3v) is 4.91. The molecule has 33 heavy (non-hydrogen) atoms. The summed E-state index contributed by atoms with van der Waals surface area (Å²) in [6.07, 6.45) is -1.66. The highest BCUT2D eigenvalue weighted by Crippen LogP contribution is 2.33. The minimum atomic E-state index is -4.46. The van der Waals surface area contributed by atoms with E-state index >= 15 is 0 Å². The molecule has 1 saturated heterocycles. The minimum absolute atomic E-state index is 0. The molecule has 3 rings (SSSR count). The molecule has 1 aliphatic rings. The molecule has 0 radical (unpaired) electrons. The van der Waals surface area contributed by atoms with E-state index in [0.717, 1.165) is 30.3 Å². The summed E-state index contributed by atoms with van der Waals surface area (Å²) in [5.74, 6) is 0.515. The van der Waals surface area contributed by atoms with Crippen LogP contribution in [-0.4, -0.2) is 43.0 Å². The lowest BCUT2D eigenvalue weighted by Gasteiger charge is -2.16. The SMILES string of the molecule is CCNC(=NCc1ccc(N2CCCC2=O)cc1)NCCNc1ncccc1C(F)(F)F.I. The number of benzene rings is 1. The van der Waals surface area contributed by atoms with E-state index in [-0.39, 0.29) is 42.2 Å². The Kier molecular flexibility index (Phi) is 10.2. The zero-order valence-electron chi connectivity index (χ0n) is 18.3. The predicted octanol–water partition coefficient (Wildman–Crippen LogP) is 4.01. The molecule has 3 N–H and O–H groups in total. The number of nitrogens with one attached hydrogen (secondary N) is 3. The highest BCUT2D eigenvalue weighted by molar-refractivity contribution is 14.0. The fourth-order valence-corrected chi connectivity index (χ4v) is 3.35. The summed E-state index contributed by atoms with van der Waals surface area (Å²) in [4.78, 5) is 21.9. The quantitative estimate of drug-likeness (QED) is 0.192. The Labute approximate surface area is 208 Å². The zero-order chi connectivity index (χ0) is 23.0. The van der Waals surface area contributed by atoms with Crippen molar-refractivity contribution in [3.63, 3.8) is 0 Å². The van der Waals surface area contributed by atoms with Gasteiger partial charge in [-0.25, -0.2) is 9.98 Å². The van der Waals surface area contributed by atoms with Crippen molar-refractivity contribution >= 4 is 47.3 Å². The van der Waals surface area contributed by atoms with Crippen molar-refractivity contribution in [1.82, 2.24) is 15.6 Å². The van der Waals surface area contributed by atoms with Gasteiger partial charge in [0.2, 0.25) is 5.91 Å². The Morgan fingerprint density at radius 1 is 1.15 bits per heavy atom. The number of carbonyl (C=O) groups is 1. The Bertz CT molecular complexity index is 936. The van der Waals surface area contributed by atoms with Crippen molar-refractivity contribution in [2.45, 2.75) is 32.5 Å². The van der Waals surface area contributed by atoms with Gasteiger partial charge in [-0.3, -0.25) is 4.79 Å². The maximum Gasteiger partial charge on any atom is 0.419 e. The van der Waals surface area contributed by atoms with E-state index in [9.17, 15) is 18.0 Å². The van der Waals surface area contributed by atoms with Gasteiger partial charge < -0.3 is 20.9 Å². The maximum absolute atomic E-state index is 13.0. The number of nitrogens with zero attached hydrogens (tertiary/aromatic N) is 3. The van der Waals surface area contributed by atoms with Crippen molar-refractivity contribution < 1.29 is 18.0 Å². The van der Waals surface area contributed by atoms with E-state index in [4.69, 9.17) is 0 Å². The molecule has 2 heterocycles. The molecule has 0 spiro atoms. The molecule has 0 atom stereocenters. The standard InChI is InChI=1S/C22H27F3N6O.HI/c1-2-26-21(29-13-12-28-20-18(22(23,24)25)5-3-11-27-20)30-15-16-7-9-17(10-8-16)31-14-4-6-19(31)32;/h3,5,7-11H,2,4,6,12-15H2,1H3,(H,27,28)(H2,26,29,30);1H. The van der Waals surface area contributed by atoms with Crippen LogP contribution in [0.1, 0.15) is 30.9 Å². The molecule has 1 amide bonds. The van der Waals surface area contributed by atoms with Crippen molar-refractivity contribution in [2.75, 3.05) is 36.4 Å². The van der Waals surface area contributed by atoms with Crippen LogP contribution in [0.15, 0.2) is 47.6 Å². The monoisotopic (exact) mass is 576 g/mol. The number of hydrogen-bond acceptors (Lipinski definition) is 4. The second-order valence-corrected chi connectivity index (χ2v) is 7.26. The highest BCUT2D eigenvalue weighted by Gasteiger charge is 2.33. The number of aromatic nitrogens is 1. The number of pyridine rings is 1. The summed E-state index contributed by atoms with van der Waals surface area (Å²) in [6.45, 7) is 4.35. The molecule has 0 aliphatic carbocycles. The summed E-state index contributed by atoms with van der Waals surface area (Å²) in [5, 5.41) is 8.93. The Hall–Kier alpha value is -2.57. The lowest BCUT2D eigenvalue weighted by atomic mass is 10.2. The van der Waals surface area contributed by atoms with Gasteiger partial charge in [-0.05, 0) is 43.2 Å². The van der Waals surface area contributed by atoms with E-state index in [0.29, 0.717) is 32.0 Å². The number of anilines is 2. The molecule has 0 bridgehead atoms. The van der Waals surface area contributed by atoms with Crippen LogP contribution in [0.3, 0.4) is 0 Å². The lowest BCUT2D eigenvalue weighted by Crippen LogP contribution is -2.39. The fraction of sp³-hybridized carbons (Fsp3) is 0.409. The molecule has 1 aromatic carbocycles. The average molecular weight is 576 g/mol. The van der Waals surface area contributed by atoms with E-state index < -0.39 is 11.7 Å². The van der Waals surface area contributed by atoms with Gasteiger partial charge in [0.1, 0.15) is 5.82 Å². The average Bonchev–Trinajstić information content (AvgIpc) is 3.20. The summed E-state index contributed by atoms with van der Waals surface area (Å²) >= 11 is 0. The number of aliphatic imine (C=N–C) groups is 1. The predicted molar refractivity (Wildman–Crippen MR) is 134 cm³/mol. The van der Waals surface area contributed by atoms with Gasteiger partial charge in [0, 0.05) is 44.5 Å². The van der Waals surface area contributed by atoms with E-state index in [1.807, 2.05) is 31.2 Å². The Balaban J connectivity index is 0.00000385. The van der Waals surface area contributed by atoms with Gasteiger partial charge in [0.15, 0.2) is 5.96 Å². The number of rotatable bonds is 8. The summed E-state index contributed by atoms with van der Waals surface area (Å²) in [7, 11) is 0. The number of hydrogen-bond donors (Lipinski definition) is 3. The second-order valence-electron chi connectivity index (χ2n) is 7.26. The first kappa shape index (κ1) is 26.7. The first-order valence-electron chi connectivity index (χ1n) is 10.6. The van der Waals surface area contributed by atoms with Gasteiger partial charge in [-0.15, -0.1) is 24.0 Å². The van der Waals surface area contributed by atoms with Crippen molar-refractivity contribution in [1.29, 1.82) is 0 Å². The highest BCUT2D eigenvalue weighted by atomic mass is 127. The number of halogens is 4. The Morgan fingerprint density at radius 3 is 2.55 bits per heavy atom. The van der Waals surface area contributed by atoms with E-state index in [2.05, 4.69) is 25.9 Å². The fourth-order valence-electron chi connectivity index (χ4n) is 3.35. The molecule has 11 heteroatoms. The lowest BCUT2D eigenvalue weighted by molar-refractivity contribution is -0.137. The first-order chi connectivity index (χ1) is 15.4. The molecule has 2 aromatic rings. The minimum Gasteiger partial charge on any atom is -0.368 e. The van der Waals surface area contributed by atoms with Gasteiger partial charge in [0.05, 0.1) is 12.1 Å². The largest absolute Gasteiger partial charge is 0.419 e. The van der Waals surface area contributed by atoms with Gasteiger partial charge in [-0.1, -0.05) is 12.1 Å². The van der Waals surface area contributed by atoms with Gasteiger partial charge in [-0.2, -0.15) is 13.2 Å². The molecular weight excluding hydrogens is 548 g/mol. The second kappa shape index (κ2) is 12.6. The normalized spacial score (nSPS) is 14.1. The molecule has 1 fully saturated rings. The number of guanidine groups is 1. The molecule has 1 aliphatic heterocycles. The Morgan fingerprint density at radius 2 is 1.91 bits per heavy atom.